The highest BCUT2D eigenvalue weighted by Gasteiger charge is 2.24. The second-order valence-corrected chi connectivity index (χ2v) is 9.28. The molecule has 2 heterocycles. The molecular weight excluding hydrogens is 418 g/mol. The number of amidine groups is 1. The average molecular weight is 454 g/mol. The first-order chi connectivity index (χ1) is 16.0. The Morgan fingerprint density at radius 2 is 2.03 bits per heavy atom. The summed E-state index contributed by atoms with van der Waals surface area (Å²) in [4.78, 5) is 23.6. The van der Waals surface area contributed by atoms with Gasteiger partial charge in [-0.2, -0.15) is 4.99 Å². The van der Waals surface area contributed by atoms with Gasteiger partial charge in [0.25, 0.3) is 0 Å². The molecule has 1 unspecified atom stereocenters. The molecule has 8 heteroatoms. The first-order valence-electron chi connectivity index (χ1n) is 12.1. The molecule has 1 atom stereocenters. The van der Waals surface area contributed by atoms with E-state index in [0.29, 0.717) is 28.3 Å². The highest BCUT2D eigenvalue weighted by atomic mass is 16.5. The lowest BCUT2D eigenvalue weighted by atomic mass is 9.86. The Morgan fingerprint density at radius 3 is 2.82 bits per heavy atom. The molecule has 1 aliphatic heterocycles. The molecule has 33 heavy (non-hydrogen) atoms. The molecule has 0 radical (unpaired) electrons. The van der Waals surface area contributed by atoms with Gasteiger partial charge in [0.05, 0.1) is 12.8 Å². The van der Waals surface area contributed by atoms with Crippen LogP contribution in [-0.2, 0) is 0 Å². The van der Waals surface area contributed by atoms with Crippen LogP contribution in [0.5, 0.6) is 11.6 Å². The number of aliphatic imine (C=N–C) groups is 1. The number of pyridine rings is 1. The Bertz CT molecular complexity index is 1000. The number of rotatable bonds is 6. The third-order valence-corrected chi connectivity index (χ3v) is 6.99. The van der Waals surface area contributed by atoms with E-state index in [1.54, 1.807) is 18.2 Å². The third kappa shape index (κ3) is 5.93. The molecule has 1 aliphatic carbocycles. The van der Waals surface area contributed by atoms with Crippen LogP contribution >= 0.6 is 0 Å². The van der Waals surface area contributed by atoms with Gasteiger partial charge in [0.15, 0.2) is 0 Å². The van der Waals surface area contributed by atoms with Crippen molar-refractivity contribution >= 4 is 28.5 Å². The fraction of sp³-hybridized carbons (Fsp3) is 0.560. The molecule has 1 aromatic carbocycles. The molecule has 1 saturated carbocycles. The van der Waals surface area contributed by atoms with E-state index >= 15 is 0 Å². The van der Waals surface area contributed by atoms with Crippen molar-refractivity contribution in [2.24, 2.45) is 22.6 Å². The van der Waals surface area contributed by atoms with Gasteiger partial charge in [-0.15, -0.1) is 0 Å². The highest BCUT2D eigenvalue weighted by molar-refractivity contribution is 6.05. The molecule has 1 saturated heterocycles. The second-order valence-electron chi connectivity index (χ2n) is 9.28. The number of nitrogens with one attached hydrogen (secondary N) is 1. The number of fused-ring (bicyclic) bond motifs is 1. The van der Waals surface area contributed by atoms with Crippen LogP contribution in [0, 0.1) is 11.8 Å². The largest absolute Gasteiger partial charge is 0.507 e. The lowest BCUT2D eigenvalue weighted by Gasteiger charge is -2.33. The zero-order valence-corrected chi connectivity index (χ0v) is 19.4. The van der Waals surface area contributed by atoms with Crippen molar-refractivity contribution in [3.63, 3.8) is 0 Å². The zero-order valence-electron chi connectivity index (χ0n) is 19.4. The Labute approximate surface area is 195 Å². The number of likely N-dealkylation sites (tertiary alicyclic amines) is 1. The molecule has 2 aliphatic rings. The van der Waals surface area contributed by atoms with Crippen LogP contribution in [0.15, 0.2) is 29.3 Å². The van der Waals surface area contributed by atoms with Crippen LogP contribution in [-0.4, -0.2) is 53.6 Å². The SMILES string of the molecule is COc1ccc2c(O)ccc(NC(=O)/N=C(\N)C3CCCN(CCC4CCCCC4)C3)c2n1. The number of piperidine rings is 1. The van der Waals surface area contributed by atoms with E-state index in [-0.39, 0.29) is 11.7 Å². The predicted octanol–water partition coefficient (Wildman–Crippen LogP) is 4.52. The van der Waals surface area contributed by atoms with Crippen molar-refractivity contribution in [1.82, 2.24) is 9.88 Å². The number of phenolic OH excluding ortho intramolecular Hbond substituents is 1. The predicted molar refractivity (Wildman–Crippen MR) is 131 cm³/mol. The normalized spacial score (nSPS) is 20.6. The van der Waals surface area contributed by atoms with Gasteiger partial charge in [-0.1, -0.05) is 32.1 Å². The quantitative estimate of drug-likeness (QED) is 0.337. The number of nitrogens with zero attached hydrogens (tertiary/aromatic N) is 3. The van der Waals surface area contributed by atoms with E-state index in [4.69, 9.17) is 10.5 Å². The minimum absolute atomic E-state index is 0.0803. The molecule has 4 N–H and O–H groups in total. The van der Waals surface area contributed by atoms with E-state index in [1.807, 2.05) is 0 Å². The molecule has 2 aromatic rings. The van der Waals surface area contributed by atoms with Crippen molar-refractivity contribution in [3.8, 4) is 11.6 Å². The summed E-state index contributed by atoms with van der Waals surface area (Å²) in [5, 5.41) is 13.4. The number of ether oxygens (including phenoxy) is 1. The number of benzene rings is 1. The fourth-order valence-corrected chi connectivity index (χ4v) is 5.09. The van der Waals surface area contributed by atoms with Crippen molar-refractivity contribution in [2.45, 2.75) is 51.4 Å². The number of anilines is 1. The van der Waals surface area contributed by atoms with Gasteiger partial charge < -0.3 is 25.8 Å². The monoisotopic (exact) mass is 453 g/mol. The van der Waals surface area contributed by atoms with Gasteiger partial charge in [0, 0.05) is 23.9 Å². The number of urea groups is 1. The standard InChI is InChI=1S/C25H35N5O3/c1-33-22-12-9-19-21(31)11-10-20(23(19)28-22)27-25(32)29-24(26)18-8-5-14-30(16-18)15-13-17-6-3-2-4-7-17/h9-12,17-18,31H,2-8,13-16H2,1H3,(H3,26,27,29,32). The highest BCUT2D eigenvalue weighted by Crippen LogP contribution is 2.31. The van der Waals surface area contributed by atoms with Gasteiger partial charge in [-0.25, -0.2) is 9.78 Å². The number of phenols is 1. The first-order valence-corrected chi connectivity index (χ1v) is 12.1. The summed E-state index contributed by atoms with van der Waals surface area (Å²) in [6, 6.07) is 5.94. The Morgan fingerprint density at radius 1 is 1.21 bits per heavy atom. The molecule has 8 nitrogen and oxygen atoms in total. The minimum Gasteiger partial charge on any atom is -0.507 e. The molecule has 4 rings (SSSR count). The van der Waals surface area contributed by atoms with Crippen molar-refractivity contribution < 1.29 is 14.6 Å². The Kier molecular flexibility index (Phi) is 7.65. The molecular formula is C25H35N5O3. The van der Waals surface area contributed by atoms with Crippen LogP contribution in [0.2, 0.25) is 0 Å². The second kappa shape index (κ2) is 10.8. The molecule has 0 spiro atoms. The molecule has 178 valence electrons. The summed E-state index contributed by atoms with van der Waals surface area (Å²) in [5.41, 5.74) is 7.15. The maximum Gasteiger partial charge on any atom is 0.347 e. The Balaban J connectivity index is 1.38. The van der Waals surface area contributed by atoms with E-state index in [1.165, 1.54) is 51.7 Å². The number of hydrogen-bond donors (Lipinski definition) is 3. The van der Waals surface area contributed by atoms with Crippen LogP contribution in [0.1, 0.15) is 51.4 Å². The zero-order chi connectivity index (χ0) is 23.2. The van der Waals surface area contributed by atoms with Crippen LogP contribution in [0.25, 0.3) is 10.9 Å². The summed E-state index contributed by atoms with van der Waals surface area (Å²) in [6.07, 6.45) is 10.2. The third-order valence-electron chi connectivity index (χ3n) is 6.99. The maximum absolute atomic E-state index is 12.6. The van der Waals surface area contributed by atoms with Crippen LogP contribution in [0.4, 0.5) is 10.5 Å². The maximum atomic E-state index is 12.6. The number of aromatic hydroxyl groups is 1. The van der Waals surface area contributed by atoms with Crippen LogP contribution in [0.3, 0.4) is 0 Å². The van der Waals surface area contributed by atoms with E-state index in [2.05, 4.69) is 20.2 Å². The molecule has 1 aromatic heterocycles. The van der Waals surface area contributed by atoms with Gasteiger partial charge in [0.1, 0.15) is 17.1 Å². The number of nitrogens with two attached hydrogens (primary N) is 1. The van der Waals surface area contributed by atoms with Crippen molar-refractivity contribution in [1.29, 1.82) is 0 Å². The van der Waals surface area contributed by atoms with E-state index in [9.17, 15) is 9.90 Å². The molecule has 2 amide bonds. The smallest absolute Gasteiger partial charge is 0.347 e. The topological polar surface area (TPSA) is 113 Å². The lowest BCUT2D eigenvalue weighted by molar-refractivity contribution is 0.182. The van der Waals surface area contributed by atoms with Crippen molar-refractivity contribution in [2.75, 3.05) is 32.1 Å². The van der Waals surface area contributed by atoms with Gasteiger partial charge in [-0.05, 0) is 56.5 Å². The molecule has 0 bridgehead atoms. The number of methoxy groups -OCH3 is 1. The number of aromatic nitrogens is 1. The van der Waals surface area contributed by atoms with Crippen molar-refractivity contribution in [3.05, 3.63) is 24.3 Å². The number of hydrogen-bond acceptors (Lipinski definition) is 5. The summed E-state index contributed by atoms with van der Waals surface area (Å²) >= 11 is 0. The average Bonchev–Trinajstić information content (AvgIpc) is 2.85. The Hall–Kier alpha value is -2.87. The van der Waals surface area contributed by atoms with Gasteiger partial charge in [-0.3, -0.25) is 0 Å². The summed E-state index contributed by atoms with van der Waals surface area (Å²) < 4.78 is 5.18. The van der Waals surface area contributed by atoms with Crippen LogP contribution < -0.4 is 15.8 Å². The molecule has 2 fully saturated rings. The summed E-state index contributed by atoms with van der Waals surface area (Å²) in [5.74, 6) is 1.80. The number of carbonyl (C=O) groups is 1. The van der Waals surface area contributed by atoms with Gasteiger partial charge >= 0.3 is 6.03 Å². The van der Waals surface area contributed by atoms with E-state index < -0.39 is 6.03 Å². The summed E-state index contributed by atoms with van der Waals surface area (Å²) in [7, 11) is 1.52. The lowest BCUT2D eigenvalue weighted by Crippen LogP contribution is -2.42. The minimum atomic E-state index is -0.538. The first kappa shape index (κ1) is 23.3. The number of carbonyl (C=O) groups excluding carboxylic acids is 1. The number of amides is 2. The van der Waals surface area contributed by atoms with Gasteiger partial charge in [0.2, 0.25) is 5.88 Å². The fourth-order valence-electron chi connectivity index (χ4n) is 5.09. The summed E-state index contributed by atoms with van der Waals surface area (Å²) in [6.45, 7) is 3.06. The van der Waals surface area contributed by atoms with E-state index in [0.717, 1.165) is 38.4 Å².